The minimum atomic E-state index is -0.0312. The smallest absolute Gasteiger partial charge is 0.275 e. The predicted octanol–water partition coefficient (Wildman–Crippen LogP) is 0.360. The van der Waals surface area contributed by atoms with Crippen molar-refractivity contribution >= 4 is 17.9 Å². The SMILES string of the molecule is CCCCNC(=O)C[NH+]1CCN(C(=O)/C=C/c2cc(OC)ccc2OC)CC1. The molecule has 154 valence electrons. The van der Waals surface area contributed by atoms with E-state index < -0.39 is 0 Å². The monoisotopic (exact) mass is 390 g/mol. The normalized spacial score (nSPS) is 14.9. The lowest BCUT2D eigenvalue weighted by atomic mass is 10.1. The van der Waals surface area contributed by atoms with Crippen molar-refractivity contribution in [2.24, 2.45) is 0 Å². The van der Waals surface area contributed by atoms with Crippen LogP contribution in [0.4, 0.5) is 0 Å². The van der Waals surface area contributed by atoms with Crippen molar-refractivity contribution in [3.05, 3.63) is 29.8 Å². The number of quaternary nitrogens is 1. The summed E-state index contributed by atoms with van der Waals surface area (Å²) in [5.74, 6) is 1.46. The van der Waals surface area contributed by atoms with Gasteiger partial charge in [-0.05, 0) is 30.7 Å². The fourth-order valence-corrected chi connectivity index (χ4v) is 3.15. The Kier molecular flexibility index (Phi) is 8.81. The molecule has 0 aromatic heterocycles. The van der Waals surface area contributed by atoms with Crippen LogP contribution >= 0.6 is 0 Å². The molecule has 1 aliphatic heterocycles. The second kappa shape index (κ2) is 11.3. The average Bonchev–Trinajstić information content (AvgIpc) is 2.72. The molecule has 0 spiro atoms. The Morgan fingerprint density at radius 1 is 1.21 bits per heavy atom. The molecule has 2 N–H and O–H groups in total. The Hall–Kier alpha value is -2.54. The summed E-state index contributed by atoms with van der Waals surface area (Å²) in [6, 6.07) is 5.47. The van der Waals surface area contributed by atoms with Crippen LogP contribution in [0.25, 0.3) is 6.08 Å². The number of nitrogens with zero attached hydrogens (tertiary/aromatic N) is 1. The number of unbranched alkanes of at least 4 members (excludes halogenated alkanes) is 1. The molecular formula is C21H32N3O4+. The summed E-state index contributed by atoms with van der Waals surface area (Å²) < 4.78 is 10.6. The number of nitrogens with one attached hydrogen (secondary N) is 2. The lowest BCUT2D eigenvalue weighted by Crippen LogP contribution is -3.15. The third-order valence-corrected chi connectivity index (χ3v) is 4.89. The van der Waals surface area contributed by atoms with E-state index in [2.05, 4.69) is 12.2 Å². The number of piperazine rings is 1. The zero-order valence-corrected chi connectivity index (χ0v) is 17.1. The van der Waals surface area contributed by atoms with Gasteiger partial charge in [-0.1, -0.05) is 13.3 Å². The third-order valence-electron chi connectivity index (χ3n) is 4.89. The highest BCUT2D eigenvalue weighted by atomic mass is 16.5. The fraction of sp³-hybridized carbons (Fsp3) is 0.524. The molecule has 0 saturated carbocycles. The second-order valence-electron chi connectivity index (χ2n) is 6.90. The summed E-state index contributed by atoms with van der Waals surface area (Å²) in [6.07, 6.45) is 5.40. The number of hydrogen-bond acceptors (Lipinski definition) is 4. The number of methoxy groups -OCH3 is 2. The largest absolute Gasteiger partial charge is 0.497 e. The van der Waals surface area contributed by atoms with Gasteiger partial charge < -0.3 is 24.6 Å². The lowest BCUT2D eigenvalue weighted by Gasteiger charge is -2.31. The number of hydrogen-bond donors (Lipinski definition) is 2. The molecule has 7 nitrogen and oxygen atoms in total. The summed E-state index contributed by atoms with van der Waals surface area (Å²) in [6.45, 7) is 6.18. The molecule has 1 aliphatic rings. The third kappa shape index (κ3) is 6.56. The van der Waals surface area contributed by atoms with Gasteiger partial charge in [-0.15, -0.1) is 0 Å². The van der Waals surface area contributed by atoms with E-state index in [1.807, 2.05) is 23.1 Å². The Bertz CT molecular complexity index is 682. The maximum atomic E-state index is 12.5. The van der Waals surface area contributed by atoms with Crippen LogP contribution in [0.1, 0.15) is 25.3 Å². The van der Waals surface area contributed by atoms with Gasteiger partial charge in [0.05, 0.1) is 40.4 Å². The first-order valence-corrected chi connectivity index (χ1v) is 9.86. The van der Waals surface area contributed by atoms with Crippen molar-refractivity contribution in [3.63, 3.8) is 0 Å². The Morgan fingerprint density at radius 3 is 2.61 bits per heavy atom. The van der Waals surface area contributed by atoms with E-state index in [1.54, 1.807) is 26.4 Å². The summed E-state index contributed by atoms with van der Waals surface area (Å²) in [7, 11) is 3.20. The van der Waals surface area contributed by atoms with Crippen LogP contribution in [-0.4, -0.2) is 70.2 Å². The number of carbonyl (C=O) groups excluding carboxylic acids is 2. The maximum Gasteiger partial charge on any atom is 0.275 e. The van der Waals surface area contributed by atoms with E-state index in [0.29, 0.717) is 31.1 Å². The minimum Gasteiger partial charge on any atom is -0.497 e. The molecule has 1 fully saturated rings. The van der Waals surface area contributed by atoms with E-state index in [1.165, 1.54) is 4.90 Å². The Morgan fingerprint density at radius 2 is 1.96 bits per heavy atom. The minimum absolute atomic E-state index is 0.0312. The molecule has 1 heterocycles. The molecule has 0 radical (unpaired) electrons. The highest BCUT2D eigenvalue weighted by molar-refractivity contribution is 5.92. The van der Waals surface area contributed by atoms with Crippen molar-refractivity contribution in [1.82, 2.24) is 10.2 Å². The van der Waals surface area contributed by atoms with Crippen LogP contribution in [0.3, 0.4) is 0 Å². The fourth-order valence-electron chi connectivity index (χ4n) is 3.15. The van der Waals surface area contributed by atoms with Crippen LogP contribution in [0.5, 0.6) is 11.5 Å². The highest BCUT2D eigenvalue weighted by Gasteiger charge is 2.24. The van der Waals surface area contributed by atoms with Gasteiger partial charge in [0.2, 0.25) is 5.91 Å². The van der Waals surface area contributed by atoms with Gasteiger partial charge in [0.15, 0.2) is 6.54 Å². The predicted molar refractivity (Wildman–Crippen MR) is 109 cm³/mol. The first-order chi connectivity index (χ1) is 13.6. The van der Waals surface area contributed by atoms with Crippen molar-refractivity contribution < 1.29 is 24.0 Å². The van der Waals surface area contributed by atoms with Gasteiger partial charge in [-0.25, -0.2) is 0 Å². The summed E-state index contributed by atoms with van der Waals surface area (Å²) in [5.41, 5.74) is 0.795. The first-order valence-electron chi connectivity index (χ1n) is 9.86. The van der Waals surface area contributed by atoms with Crippen LogP contribution in [0.2, 0.25) is 0 Å². The molecule has 2 amide bonds. The zero-order valence-electron chi connectivity index (χ0n) is 17.1. The van der Waals surface area contributed by atoms with Crippen LogP contribution in [0.15, 0.2) is 24.3 Å². The summed E-state index contributed by atoms with van der Waals surface area (Å²) in [4.78, 5) is 27.5. The zero-order chi connectivity index (χ0) is 20.4. The second-order valence-corrected chi connectivity index (χ2v) is 6.90. The van der Waals surface area contributed by atoms with Crippen LogP contribution in [-0.2, 0) is 9.59 Å². The molecule has 1 aromatic carbocycles. The molecule has 2 rings (SSSR count). The van der Waals surface area contributed by atoms with E-state index in [4.69, 9.17) is 9.47 Å². The van der Waals surface area contributed by atoms with Crippen LogP contribution < -0.4 is 19.7 Å². The van der Waals surface area contributed by atoms with Crippen molar-refractivity contribution in [3.8, 4) is 11.5 Å². The van der Waals surface area contributed by atoms with Gasteiger partial charge in [-0.3, -0.25) is 9.59 Å². The van der Waals surface area contributed by atoms with E-state index >= 15 is 0 Å². The first kappa shape index (κ1) is 21.8. The van der Waals surface area contributed by atoms with Crippen molar-refractivity contribution in [2.75, 3.05) is 53.5 Å². The van der Waals surface area contributed by atoms with Crippen molar-refractivity contribution in [1.29, 1.82) is 0 Å². The van der Waals surface area contributed by atoms with E-state index in [0.717, 1.165) is 38.0 Å². The van der Waals surface area contributed by atoms with Gasteiger partial charge >= 0.3 is 0 Å². The van der Waals surface area contributed by atoms with Gasteiger partial charge in [0.1, 0.15) is 11.5 Å². The maximum absolute atomic E-state index is 12.5. The average molecular weight is 391 g/mol. The van der Waals surface area contributed by atoms with Gasteiger partial charge in [0.25, 0.3) is 5.91 Å². The van der Waals surface area contributed by atoms with Crippen molar-refractivity contribution in [2.45, 2.75) is 19.8 Å². The molecule has 0 aliphatic carbocycles. The summed E-state index contributed by atoms with van der Waals surface area (Å²) in [5, 5.41) is 2.95. The Labute approximate surface area is 167 Å². The molecule has 28 heavy (non-hydrogen) atoms. The van der Waals surface area contributed by atoms with Gasteiger partial charge in [-0.2, -0.15) is 0 Å². The lowest BCUT2D eigenvalue weighted by molar-refractivity contribution is -0.896. The van der Waals surface area contributed by atoms with Gasteiger partial charge in [0, 0.05) is 18.2 Å². The number of rotatable bonds is 9. The highest BCUT2D eigenvalue weighted by Crippen LogP contribution is 2.25. The molecule has 1 saturated heterocycles. The standard InChI is InChI=1S/C21H31N3O4/c1-4-5-10-22-20(25)16-23-11-13-24(14-12-23)21(26)9-6-17-15-18(27-2)7-8-19(17)28-3/h6-9,15H,4-5,10-14,16H2,1-3H3,(H,22,25)/p+1/b9-6+. The molecular weight excluding hydrogens is 358 g/mol. The van der Waals surface area contributed by atoms with E-state index in [9.17, 15) is 9.59 Å². The van der Waals surface area contributed by atoms with E-state index in [-0.39, 0.29) is 11.8 Å². The molecule has 7 heteroatoms. The number of benzene rings is 1. The topological polar surface area (TPSA) is 72.3 Å². The number of amides is 2. The Balaban J connectivity index is 1.83. The molecule has 0 atom stereocenters. The quantitative estimate of drug-likeness (QED) is 0.472. The molecule has 0 unspecified atom stereocenters. The molecule has 1 aromatic rings. The van der Waals surface area contributed by atoms with Crippen LogP contribution in [0, 0.1) is 0 Å². The number of ether oxygens (including phenoxy) is 2. The summed E-state index contributed by atoms with van der Waals surface area (Å²) >= 11 is 0. The molecule has 0 bridgehead atoms. The number of carbonyl (C=O) groups is 2.